The highest BCUT2D eigenvalue weighted by Gasteiger charge is 2.29. The summed E-state index contributed by atoms with van der Waals surface area (Å²) in [6, 6.07) is 1.99. The minimum absolute atomic E-state index is 0.0143. The average molecular weight is 267 g/mol. The summed E-state index contributed by atoms with van der Waals surface area (Å²) in [6.45, 7) is 6.88. The highest BCUT2D eigenvalue weighted by atomic mass is 16.5. The normalized spacial score (nSPS) is 23.7. The van der Waals surface area contributed by atoms with E-state index in [1.54, 1.807) is 9.58 Å². The number of aliphatic hydroxyl groups is 1. The molecule has 1 aliphatic heterocycles. The molecule has 6 nitrogen and oxygen atoms in total. The zero-order valence-electron chi connectivity index (χ0n) is 11.7. The highest BCUT2D eigenvalue weighted by Crippen LogP contribution is 2.13. The lowest BCUT2D eigenvalue weighted by molar-refractivity contribution is -0.147. The van der Waals surface area contributed by atoms with Crippen LogP contribution in [0.15, 0.2) is 6.07 Å². The zero-order chi connectivity index (χ0) is 14.0. The second-order valence-electron chi connectivity index (χ2n) is 5.12. The first-order chi connectivity index (χ1) is 9.01. The van der Waals surface area contributed by atoms with Crippen molar-refractivity contribution in [2.45, 2.75) is 39.5 Å². The van der Waals surface area contributed by atoms with Crippen LogP contribution in [-0.4, -0.2) is 57.6 Å². The monoisotopic (exact) mass is 267 g/mol. The van der Waals surface area contributed by atoms with Crippen molar-refractivity contribution in [1.82, 2.24) is 14.7 Å². The van der Waals surface area contributed by atoms with Gasteiger partial charge < -0.3 is 14.7 Å². The first-order valence-electron chi connectivity index (χ1n) is 6.54. The largest absolute Gasteiger partial charge is 0.394 e. The number of aromatic nitrogens is 2. The molecular weight excluding hydrogens is 246 g/mol. The third-order valence-corrected chi connectivity index (χ3v) is 3.42. The minimum Gasteiger partial charge on any atom is -0.394 e. The Hall–Kier alpha value is -1.40. The third kappa shape index (κ3) is 3.13. The Balaban J connectivity index is 2.04. The van der Waals surface area contributed by atoms with Gasteiger partial charge in [0.05, 0.1) is 31.1 Å². The molecule has 106 valence electrons. The van der Waals surface area contributed by atoms with Gasteiger partial charge in [-0.3, -0.25) is 9.48 Å². The van der Waals surface area contributed by atoms with E-state index >= 15 is 0 Å². The summed E-state index contributed by atoms with van der Waals surface area (Å²) in [4.78, 5) is 14.1. The molecule has 1 saturated heterocycles. The molecule has 2 rings (SSSR count). The Morgan fingerprint density at radius 1 is 1.58 bits per heavy atom. The Morgan fingerprint density at radius 3 is 2.89 bits per heavy atom. The zero-order valence-corrected chi connectivity index (χ0v) is 11.7. The number of aryl methyl sites for hydroxylation is 2. The maximum atomic E-state index is 12.3. The van der Waals surface area contributed by atoms with Crippen LogP contribution in [0.5, 0.6) is 0 Å². The van der Waals surface area contributed by atoms with Crippen LogP contribution in [-0.2, 0) is 16.1 Å². The van der Waals surface area contributed by atoms with Gasteiger partial charge >= 0.3 is 0 Å². The maximum absolute atomic E-state index is 12.3. The van der Waals surface area contributed by atoms with E-state index in [0.29, 0.717) is 13.2 Å². The van der Waals surface area contributed by atoms with Crippen molar-refractivity contribution < 1.29 is 14.6 Å². The summed E-state index contributed by atoms with van der Waals surface area (Å²) < 4.78 is 7.15. The topological polar surface area (TPSA) is 67.6 Å². The number of nitrogens with zero attached hydrogens (tertiary/aromatic N) is 3. The van der Waals surface area contributed by atoms with Crippen molar-refractivity contribution in [2.24, 2.45) is 0 Å². The Kier molecular flexibility index (Phi) is 4.21. The number of carbonyl (C=O) groups is 1. The van der Waals surface area contributed by atoms with Gasteiger partial charge in [-0.15, -0.1) is 0 Å². The Morgan fingerprint density at radius 2 is 2.32 bits per heavy atom. The van der Waals surface area contributed by atoms with Crippen molar-refractivity contribution in [1.29, 1.82) is 0 Å². The van der Waals surface area contributed by atoms with Crippen LogP contribution in [0.25, 0.3) is 0 Å². The number of ether oxygens (including phenoxy) is 1. The summed E-state index contributed by atoms with van der Waals surface area (Å²) in [6.07, 6.45) is -0.277. The Labute approximate surface area is 113 Å². The van der Waals surface area contributed by atoms with Gasteiger partial charge in [0.25, 0.3) is 0 Å². The fraction of sp³-hybridized carbons (Fsp3) is 0.692. The number of aliphatic hydroxyl groups excluding tert-OH is 1. The van der Waals surface area contributed by atoms with E-state index in [-0.39, 0.29) is 31.2 Å². The average Bonchev–Trinajstić information content (AvgIpc) is 2.68. The molecule has 0 bridgehead atoms. The molecule has 2 unspecified atom stereocenters. The van der Waals surface area contributed by atoms with Gasteiger partial charge in [0.2, 0.25) is 5.91 Å². The molecule has 6 heteroatoms. The molecule has 19 heavy (non-hydrogen) atoms. The number of carbonyl (C=O) groups excluding carboxylic acids is 1. The van der Waals surface area contributed by atoms with Crippen molar-refractivity contribution in [3.8, 4) is 0 Å². The van der Waals surface area contributed by atoms with E-state index in [1.165, 1.54) is 0 Å². The quantitative estimate of drug-likeness (QED) is 0.844. The van der Waals surface area contributed by atoms with Crippen LogP contribution in [0.3, 0.4) is 0 Å². The van der Waals surface area contributed by atoms with Gasteiger partial charge in [-0.1, -0.05) is 0 Å². The molecule has 1 N–H and O–H groups in total. The highest BCUT2D eigenvalue weighted by molar-refractivity contribution is 5.76. The molecule has 0 radical (unpaired) electrons. The predicted molar refractivity (Wildman–Crippen MR) is 69.7 cm³/mol. The van der Waals surface area contributed by atoms with E-state index in [0.717, 1.165) is 11.4 Å². The molecule has 0 saturated carbocycles. The Bertz CT molecular complexity index is 458. The van der Waals surface area contributed by atoms with Gasteiger partial charge in [0.1, 0.15) is 6.54 Å². The fourth-order valence-electron chi connectivity index (χ4n) is 2.33. The molecule has 1 aromatic heterocycles. The van der Waals surface area contributed by atoms with Crippen LogP contribution in [0.1, 0.15) is 18.3 Å². The van der Waals surface area contributed by atoms with Gasteiger partial charge in [-0.2, -0.15) is 5.10 Å². The molecule has 0 aromatic carbocycles. The van der Waals surface area contributed by atoms with Gasteiger partial charge in [0.15, 0.2) is 0 Å². The molecular formula is C13H21N3O3. The molecule has 0 aliphatic carbocycles. The second kappa shape index (κ2) is 5.71. The summed E-state index contributed by atoms with van der Waals surface area (Å²) in [5.74, 6) is 0.0143. The van der Waals surface area contributed by atoms with Crippen molar-refractivity contribution in [3.05, 3.63) is 17.5 Å². The lowest BCUT2D eigenvalue weighted by Gasteiger charge is -2.37. The smallest absolute Gasteiger partial charge is 0.244 e. The number of hydrogen-bond acceptors (Lipinski definition) is 4. The molecule has 1 aromatic rings. The van der Waals surface area contributed by atoms with Crippen LogP contribution in [0.2, 0.25) is 0 Å². The van der Waals surface area contributed by atoms with Gasteiger partial charge in [0, 0.05) is 12.2 Å². The standard InChI is InChI=1S/C13H21N3O3/c1-9-4-10(2)16(14-9)6-13(18)15-5-12(7-17)19-8-11(15)3/h4,11-12,17H,5-8H2,1-3H3. The number of hydrogen-bond donors (Lipinski definition) is 1. The molecule has 0 spiro atoms. The van der Waals surface area contributed by atoms with E-state index in [2.05, 4.69) is 5.10 Å². The first-order valence-corrected chi connectivity index (χ1v) is 6.54. The number of rotatable bonds is 3. The minimum atomic E-state index is -0.277. The lowest BCUT2D eigenvalue weighted by atomic mass is 10.2. The van der Waals surface area contributed by atoms with Crippen molar-refractivity contribution >= 4 is 5.91 Å². The van der Waals surface area contributed by atoms with E-state index < -0.39 is 0 Å². The summed E-state index contributed by atoms with van der Waals surface area (Å²) in [5, 5.41) is 13.4. The van der Waals surface area contributed by atoms with Gasteiger partial charge in [-0.05, 0) is 26.8 Å². The molecule has 2 heterocycles. The summed E-state index contributed by atoms with van der Waals surface area (Å²) in [5.41, 5.74) is 1.89. The molecule has 1 fully saturated rings. The van der Waals surface area contributed by atoms with Gasteiger partial charge in [-0.25, -0.2) is 0 Å². The first kappa shape index (κ1) is 14.0. The maximum Gasteiger partial charge on any atom is 0.244 e. The second-order valence-corrected chi connectivity index (χ2v) is 5.12. The number of amides is 1. The fourth-order valence-corrected chi connectivity index (χ4v) is 2.33. The van der Waals surface area contributed by atoms with Crippen LogP contribution < -0.4 is 0 Å². The van der Waals surface area contributed by atoms with Crippen molar-refractivity contribution in [3.63, 3.8) is 0 Å². The van der Waals surface area contributed by atoms with Crippen LogP contribution in [0.4, 0.5) is 0 Å². The molecule has 1 amide bonds. The lowest BCUT2D eigenvalue weighted by Crippen LogP contribution is -2.52. The number of morpholine rings is 1. The summed E-state index contributed by atoms with van der Waals surface area (Å²) >= 11 is 0. The third-order valence-electron chi connectivity index (χ3n) is 3.42. The SMILES string of the molecule is Cc1cc(C)n(CC(=O)N2CC(CO)OCC2C)n1. The summed E-state index contributed by atoms with van der Waals surface area (Å²) in [7, 11) is 0. The van der Waals surface area contributed by atoms with Crippen LogP contribution >= 0.6 is 0 Å². The van der Waals surface area contributed by atoms with E-state index in [9.17, 15) is 4.79 Å². The molecule has 2 atom stereocenters. The van der Waals surface area contributed by atoms with Crippen LogP contribution in [0, 0.1) is 13.8 Å². The molecule has 1 aliphatic rings. The predicted octanol–water partition coefficient (Wildman–Crippen LogP) is 0.108. The van der Waals surface area contributed by atoms with E-state index in [1.807, 2.05) is 26.8 Å². The van der Waals surface area contributed by atoms with Crippen molar-refractivity contribution in [2.75, 3.05) is 19.8 Å². The van der Waals surface area contributed by atoms with E-state index in [4.69, 9.17) is 9.84 Å².